The molecule has 1 aliphatic heterocycles. The quantitative estimate of drug-likeness (QED) is 0.710. The zero-order chi connectivity index (χ0) is 13.4. The minimum Gasteiger partial charge on any atom is -0.444 e. The molecular formula is C13H25NO3. The van der Waals surface area contributed by atoms with Gasteiger partial charge in [-0.25, -0.2) is 4.79 Å². The number of hydrogen-bond donors (Lipinski definition) is 1. The zero-order valence-corrected chi connectivity index (χ0v) is 11.8. The standard InChI is InChI=1S/C13H25NO3/c1-9-7-14(8-13(5,6)10(9)15)11(16)17-12(2,3)4/h9-10,15H,7-8H2,1-6H3. The van der Waals surface area contributed by atoms with E-state index in [1.54, 1.807) is 4.90 Å². The number of aliphatic hydroxyl groups is 1. The van der Waals surface area contributed by atoms with Crippen LogP contribution in [0.15, 0.2) is 0 Å². The van der Waals surface area contributed by atoms with Crippen molar-refractivity contribution in [3.05, 3.63) is 0 Å². The van der Waals surface area contributed by atoms with Gasteiger partial charge < -0.3 is 14.7 Å². The molecule has 2 atom stereocenters. The van der Waals surface area contributed by atoms with E-state index in [4.69, 9.17) is 4.74 Å². The van der Waals surface area contributed by atoms with E-state index in [9.17, 15) is 9.90 Å². The highest BCUT2D eigenvalue weighted by molar-refractivity contribution is 5.68. The molecule has 17 heavy (non-hydrogen) atoms. The number of rotatable bonds is 0. The first kappa shape index (κ1) is 14.3. The van der Waals surface area contributed by atoms with Crippen molar-refractivity contribution in [2.45, 2.75) is 53.2 Å². The van der Waals surface area contributed by atoms with Gasteiger partial charge in [0.2, 0.25) is 0 Å². The lowest BCUT2D eigenvalue weighted by Crippen LogP contribution is -2.55. The van der Waals surface area contributed by atoms with Crippen molar-refractivity contribution in [1.29, 1.82) is 0 Å². The van der Waals surface area contributed by atoms with Gasteiger partial charge in [-0.15, -0.1) is 0 Å². The molecule has 0 saturated carbocycles. The van der Waals surface area contributed by atoms with Gasteiger partial charge in [0.25, 0.3) is 0 Å². The number of carbonyl (C=O) groups excluding carboxylic acids is 1. The Morgan fingerprint density at radius 2 is 1.94 bits per heavy atom. The van der Waals surface area contributed by atoms with E-state index in [0.29, 0.717) is 13.1 Å². The molecule has 0 bridgehead atoms. The van der Waals surface area contributed by atoms with E-state index < -0.39 is 5.60 Å². The molecule has 4 nitrogen and oxygen atoms in total. The van der Waals surface area contributed by atoms with Crippen molar-refractivity contribution in [1.82, 2.24) is 4.90 Å². The molecule has 100 valence electrons. The lowest BCUT2D eigenvalue weighted by atomic mass is 9.76. The van der Waals surface area contributed by atoms with Crippen LogP contribution < -0.4 is 0 Å². The average molecular weight is 243 g/mol. The van der Waals surface area contributed by atoms with Gasteiger partial charge in [0.15, 0.2) is 0 Å². The first-order valence-electron chi connectivity index (χ1n) is 6.19. The smallest absolute Gasteiger partial charge is 0.410 e. The second-order valence-electron chi connectivity index (χ2n) is 6.77. The van der Waals surface area contributed by atoms with E-state index in [2.05, 4.69) is 0 Å². The number of carbonyl (C=O) groups is 1. The summed E-state index contributed by atoms with van der Waals surface area (Å²) in [5.74, 6) is 0.0752. The Morgan fingerprint density at radius 1 is 1.41 bits per heavy atom. The van der Waals surface area contributed by atoms with Crippen LogP contribution in [-0.4, -0.2) is 40.9 Å². The fourth-order valence-electron chi connectivity index (χ4n) is 2.33. The number of ether oxygens (including phenoxy) is 1. The molecule has 0 spiro atoms. The Morgan fingerprint density at radius 3 is 2.35 bits per heavy atom. The molecule has 1 amide bonds. The number of aliphatic hydroxyl groups excluding tert-OH is 1. The summed E-state index contributed by atoms with van der Waals surface area (Å²) in [7, 11) is 0. The Bertz CT molecular complexity index is 294. The molecule has 0 aliphatic carbocycles. The first-order chi connectivity index (χ1) is 7.53. The highest BCUT2D eigenvalue weighted by Crippen LogP contribution is 2.33. The summed E-state index contributed by atoms with van der Waals surface area (Å²) >= 11 is 0. The van der Waals surface area contributed by atoms with Crippen molar-refractivity contribution in [2.24, 2.45) is 11.3 Å². The van der Waals surface area contributed by atoms with Crippen molar-refractivity contribution >= 4 is 6.09 Å². The molecule has 2 unspecified atom stereocenters. The van der Waals surface area contributed by atoms with Gasteiger partial charge in [-0.1, -0.05) is 20.8 Å². The zero-order valence-electron chi connectivity index (χ0n) is 11.8. The predicted octanol–water partition coefficient (Wildman–Crippen LogP) is 2.26. The van der Waals surface area contributed by atoms with Crippen molar-refractivity contribution in [3.63, 3.8) is 0 Å². The Labute approximate surface area is 104 Å². The summed E-state index contributed by atoms with van der Waals surface area (Å²) in [5, 5.41) is 10.1. The van der Waals surface area contributed by atoms with Crippen LogP contribution in [0.1, 0.15) is 41.5 Å². The molecule has 1 fully saturated rings. The van der Waals surface area contributed by atoms with Crippen LogP contribution in [0.3, 0.4) is 0 Å². The highest BCUT2D eigenvalue weighted by atomic mass is 16.6. The molecular weight excluding hydrogens is 218 g/mol. The summed E-state index contributed by atoms with van der Waals surface area (Å²) in [6.07, 6.45) is -0.662. The average Bonchev–Trinajstić information content (AvgIpc) is 2.10. The molecule has 4 heteroatoms. The van der Waals surface area contributed by atoms with Crippen molar-refractivity contribution in [2.75, 3.05) is 13.1 Å². The Hall–Kier alpha value is -0.770. The predicted molar refractivity (Wildman–Crippen MR) is 66.8 cm³/mol. The van der Waals surface area contributed by atoms with Gasteiger partial charge in [-0.3, -0.25) is 0 Å². The maximum absolute atomic E-state index is 12.0. The van der Waals surface area contributed by atoms with E-state index >= 15 is 0 Å². The third kappa shape index (κ3) is 3.60. The molecule has 0 aromatic rings. The van der Waals surface area contributed by atoms with Crippen LogP contribution >= 0.6 is 0 Å². The fraction of sp³-hybridized carbons (Fsp3) is 0.923. The molecule has 0 aromatic heterocycles. The largest absolute Gasteiger partial charge is 0.444 e. The van der Waals surface area contributed by atoms with Crippen LogP contribution in [0.4, 0.5) is 4.79 Å². The Balaban J connectivity index is 2.71. The van der Waals surface area contributed by atoms with E-state index in [1.807, 2.05) is 41.5 Å². The normalized spacial score (nSPS) is 29.0. The van der Waals surface area contributed by atoms with E-state index in [-0.39, 0.29) is 23.5 Å². The SMILES string of the molecule is CC1CN(C(=O)OC(C)(C)C)CC(C)(C)C1O. The monoisotopic (exact) mass is 243 g/mol. The third-order valence-electron chi connectivity index (χ3n) is 3.10. The minimum atomic E-state index is -0.472. The van der Waals surface area contributed by atoms with Crippen LogP contribution in [0.25, 0.3) is 0 Å². The number of hydrogen-bond acceptors (Lipinski definition) is 3. The van der Waals surface area contributed by atoms with Gasteiger partial charge in [-0.05, 0) is 20.8 Å². The number of amides is 1. The molecule has 1 rings (SSSR count). The maximum atomic E-state index is 12.0. The summed E-state index contributed by atoms with van der Waals surface area (Å²) in [6.45, 7) is 12.6. The second-order valence-corrected chi connectivity index (χ2v) is 6.77. The maximum Gasteiger partial charge on any atom is 0.410 e. The van der Waals surface area contributed by atoms with Gasteiger partial charge in [0.05, 0.1) is 6.10 Å². The number of piperidine rings is 1. The lowest BCUT2D eigenvalue weighted by molar-refractivity contribution is -0.0662. The van der Waals surface area contributed by atoms with Crippen LogP contribution in [0.2, 0.25) is 0 Å². The summed E-state index contributed by atoms with van der Waals surface area (Å²) in [6, 6.07) is 0. The second kappa shape index (κ2) is 4.48. The minimum absolute atomic E-state index is 0.0752. The van der Waals surface area contributed by atoms with Crippen LogP contribution in [0, 0.1) is 11.3 Å². The summed E-state index contributed by atoms with van der Waals surface area (Å²) in [5.41, 5.74) is -0.755. The fourth-order valence-corrected chi connectivity index (χ4v) is 2.33. The molecule has 0 aromatic carbocycles. The van der Waals surface area contributed by atoms with E-state index in [1.165, 1.54) is 0 Å². The first-order valence-corrected chi connectivity index (χ1v) is 6.19. The molecule has 1 saturated heterocycles. The van der Waals surface area contributed by atoms with E-state index in [0.717, 1.165) is 0 Å². The number of nitrogens with zero attached hydrogens (tertiary/aromatic N) is 1. The lowest BCUT2D eigenvalue weighted by Gasteiger charge is -2.45. The van der Waals surface area contributed by atoms with Crippen molar-refractivity contribution in [3.8, 4) is 0 Å². The van der Waals surface area contributed by atoms with Crippen LogP contribution in [0.5, 0.6) is 0 Å². The highest BCUT2D eigenvalue weighted by Gasteiger charge is 2.41. The molecule has 1 N–H and O–H groups in total. The van der Waals surface area contributed by atoms with Crippen LogP contribution in [-0.2, 0) is 4.74 Å². The van der Waals surface area contributed by atoms with Gasteiger partial charge in [0.1, 0.15) is 5.60 Å². The summed E-state index contributed by atoms with van der Waals surface area (Å²) in [4.78, 5) is 13.7. The van der Waals surface area contributed by atoms with Crippen molar-refractivity contribution < 1.29 is 14.6 Å². The van der Waals surface area contributed by atoms with Gasteiger partial charge in [-0.2, -0.15) is 0 Å². The number of likely N-dealkylation sites (tertiary alicyclic amines) is 1. The molecule has 1 aliphatic rings. The van der Waals surface area contributed by atoms with Gasteiger partial charge in [0, 0.05) is 24.4 Å². The van der Waals surface area contributed by atoms with Gasteiger partial charge >= 0.3 is 6.09 Å². The third-order valence-corrected chi connectivity index (χ3v) is 3.10. The topological polar surface area (TPSA) is 49.8 Å². The molecule has 0 radical (unpaired) electrons. The molecule has 1 heterocycles. The summed E-state index contributed by atoms with van der Waals surface area (Å²) < 4.78 is 5.36. The Kier molecular flexibility index (Phi) is 3.77.